The summed E-state index contributed by atoms with van der Waals surface area (Å²) in [6.45, 7) is 3.39. The first-order valence-electron chi connectivity index (χ1n) is 8.52. The van der Waals surface area contributed by atoms with E-state index in [-0.39, 0.29) is 12.5 Å². The first-order chi connectivity index (χ1) is 13.0. The molecule has 144 valence electrons. The minimum Gasteiger partial charge on any atom is -0.461 e. The van der Waals surface area contributed by atoms with Crippen molar-refractivity contribution < 1.29 is 14.3 Å². The molecule has 3 rings (SSSR count). The number of hydrogen-bond donors (Lipinski definition) is 0. The maximum atomic E-state index is 12.9. The molecule has 0 saturated carbocycles. The molecule has 0 fully saturated rings. The minimum absolute atomic E-state index is 0.165. The van der Waals surface area contributed by atoms with Gasteiger partial charge in [-0.1, -0.05) is 39.1 Å². The van der Waals surface area contributed by atoms with Crippen LogP contribution in [0.2, 0.25) is 10.0 Å². The van der Waals surface area contributed by atoms with E-state index in [0.29, 0.717) is 52.7 Å². The number of fused-ring (bicyclic) bond motifs is 1. The van der Waals surface area contributed by atoms with Crippen LogP contribution in [0.5, 0.6) is 0 Å². The van der Waals surface area contributed by atoms with E-state index >= 15 is 0 Å². The molecule has 2 heterocycles. The van der Waals surface area contributed by atoms with Gasteiger partial charge in [-0.2, -0.15) is 5.10 Å². The van der Waals surface area contributed by atoms with Gasteiger partial charge in [-0.3, -0.25) is 9.48 Å². The zero-order valence-electron chi connectivity index (χ0n) is 14.7. The van der Waals surface area contributed by atoms with Crippen LogP contribution in [-0.2, 0) is 24.2 Å². The van der Waals surface area contributed by atoms with Gasteiger partial charge in [0.15, 0.2) is 5.69 Å². The molecule has 0 saturated heterocycles. The Morgan fingerprint density at radius 1 is 1.30 bits per heavy atom. The van der Waals surface area contributed by atoms with E-state index in [2.05, 4.69) is 21.0 Å². The SMILES string of the molecule is CCOC(=O)c1c2c(nn1CCBr)CCN(C(=O)c1ccc(Cl)c(Cl)c1)C2. The van der Waals surface area contributed by atoms with Crippen molar-refractivity contribution in [2.24, 2.45) is 0 Å². The van der Waals surface area contributed by atoms with Gasteiger partial charge in [-0.25, -0.2) is 4.79 Å². The summed E-state index contributed by atoms with van der Waals surface area (Å²) in [7, 11) is 0. The highest BCUT2D eigenvalue weighted by atomic mass is 79.9. The summed E-state index contributed by atoms with van der Waals surface area (Å²) >= 11 is 15.3. The Kier molecular flexibility index (Phi) is 6.44. The molecule has 0 aliphatic carbocycles. The van der Waals surface area contributed by atoms with Crippen LogP contribution in [0.3, 0.4) is 0 Å². The molecule has 2 aromatic rings. The maximum absolute atomic E-state index is 12.9. The molecule has 1 aromatic carbocycles. The highest BCUT2D eigenvalue weighted by Gasteiger charge is 2.31. The van der Waals surface area contributed by atoms with E-state index in [0.717, 1.165) is 11.3 Å². The van der Waals surface area contributed by atoms with Crippen LogP contribution in [0.25, 0.3) is 0 Å². The third kappa shape index (κ3) is 4.15. The Labute approximate surface area is 175 Å². The molecule has 0 unspecified atom stereocenters. The number of alkyl halides is 1. The molecule has 1 amide bonds. The van der Waals surface area contributed by atoms with Gasteiger partial charge in [0.2, 0.25) is 0 Å². The van der Waals surface area contributed by atoms with E-state index < -0.39 is 5.97 Å². The number of halogens is 3. The van der Waals surface area contributed by atoms with Crippen LogP contribution in [0.4, 0.5) is 0 Å². The van der Waals surface area contributed by atoms with E-state index in [9.17, 15) is 9.59 Å². The van der Waals surface area contributed by atoms with Crippen molar-refractivity contribution in [3.63, 3.8) is 0 Å². The molecule has 6 nitrogen and oxygen atoms in total. The first kappa shape index (κ1) is 20.2. The summed E-state index contributed by atoms with van der Waals surface area (Å²) in [5.74, 6) is -0.585. The number of hydrogen-bond acceptors (Lipinski definition) is 4. The van der Waals surface area contributed by atoms with Gasteiger partial charge < -0.3 is 9.64 Å². The fourth-order valence-electron chi connectivity index (χ4n) is 3.08. The Balaban J connectivity index is 1.91. The molecule has 0 spiro atoms. The molecule has 0 N–H and O–H groups in total. The number of aryl methyl sites for hydroxylation is 1. The van der Waals surface area contributed by atoms with Crippen molar-refractivity contribution in [3.8, 4) is 0 Å². The van der Waals surface area contributed by atoms with Gasteiger partial charge in [0, 0.05) is 29.4 Å². The summed E-state index contributed by atoms with van der Waals surface area (Å²) in [5.41, 5.74) is 2.45. The van der Waals surface area contributed by atoms with Gasteiger partial charge >= 0.3 is 5.97 Å². The fourth-order valence-corrected chi connectivity index (χ4v) is 3.72. The fraction of sp³-hybridized carbons (Fsp3) is 0.389. The molecule has 0 bridgehead atoms. The summed E-state index contributed by atoms with van der Waals surface area (Å²) in [4.78, 5) is 27.0. The van der Waals surface area contributed by atoms with Crippen molar-refractivity contribution >= 4 is 51.0 Å². The van der Waals surface area contributed by atoms with Crippen LogP contribution in [-0.4, -0.2) is 45.0 Å². The van der Waals surface area contributed by atoms with Crippen LogP contribution >= 0.6 is 39.1 Å². The van der Waals surface area contributed by atoms with E-state index in [1.807, 2.05) is 0 Å². The lowest BCUT2D eigenvalue weighted by atomic mass is 10.0. The largest absolute Gasteiger partial charge is 0.461 e. The number of esters is 1. The lowest BCUT2D eigenvalue weighted by molar-refractivity contribution is 0.0506. The Morgan fingerprint density at radius 2 is 2.07 bits per heavy atom. The lowest BCUT2D eigenvalue weighted by Gasteiger charge is -2.27. The predicted octanol–water partition coefficient (Wildman–Crippen LogP) is 3.96. The number of amides is 1. The smallest absolute Gasteiger partial charge is 0.356 e. The van der Waals surface area contributed by atoms with Crippen molar-refractivity contribution in [3.05, 3.63) is 50.8 Å². The van der Waals surface area contributed by atoms with Crippen molar-refractivity contribution in [2.45, 2.75) is 26.4 Å². The minimum atomic E-state index is -0.420. The Bertz CT molecular complexity index is 885. The predicted molar refractivity (Wildman–Crippen MR) is 107 cm³/mol. The number of aromatic nitrogens is 2. The molecule has 0 radical (unpaired) electrons. The highest BCUT2D eigenvalue weighted by molar-refractivity contribution is 9.09. The molecule has 1 aliphatic rings. The number of carbonyl (C=O) groups is 2. The zero-order chi connectivity index (χ0) is 19.6. The molecular weight excluding hydrogens is 457 g/mol. The second kappa shape index (κ2) is 8.63. The van der Waals surface area contributed by atoms with E-state index in [4.69, 9.17) is 27.9 Å². The van der Waals surface area contributed by atoms with E-state index in [1.165, 1.54) is 0 Å². The average Bonchev–Trinajstić information content (AvgIpc) is 3.01. The average molecular weight is 475 g/mol. The monoisotopic (exact) mass is 473 g/mol. The normalized spacial score (nSPS) is 13.4. The van der Waals surface area contributed by atoms with Gasteiger partial charge in [0.05, 0.1) is 35.4 Å². The summed E-state index contributed by atoms with van der Waals surface area (Å²) < 4.78 is 6.86. The number of rotatable bonds is 5. The first-order valence-corrected chi connectivity index (χ1v) is 10.4. The van der Waals surface area contributed by atoms with Gasteiger partial charge in [0.1, 0.15) is 0 Å². The van der Waals surface area contributed by atoms with Crippen LogP contribution in [0, 0.1) is 0 Å². The van der Waals surface area contributed by atoms with Crippen molar-refractivity contribution in [2.75, 3.05) is 18.5 Å². The van der Waals surface area contributed by atoms with E-state index in [1.54, 1.807) is 34.7 Å². The topological polar surface area (TPSA) is 64.4 Å². The zero-order valence-corrected chi connectivity index (χ0v) is 17.8. The highest BCUT2D eigenvalue weighted by Crippen LogP contribution is 2.27. The second-order valence-electron chi connectivity index (χ2n) is 6.01. The van der Waals surface area contributed by atoms with Crippen LogP contribution in [0.1, 0.15) is 39.0 Å². The second-order valence-corrected chi connectivity index (χ2v) is 7.62. The summed E-state index contributed by atoms with van der Waals surface area (Å²) in [6, 6.07) is 4.80. The quantitative estimate of drug-likeness (QED) is 0.486. The van der Waals surface area contributed by atoms with Crippen LogP contribution in [0.15, 0.2) is 18.2 Å². The van der Waals surface area contributed by atoms with Crippen molar-refractivity contribution in [1.29, 1.82) is 0 Å². The maximum Gasteiger partial charge on any atom is 0.356 e. The molecule has 0 atom stereocenters. The van der Waals surface area contributed by atoms with Crippen LogP contribution < -0.4 is 0 Å². The van der Waals surface area contributed by atoms with Gasteiger partial charge in [0.25, 0.3) is 5.91 Å². The number of ether oxygens (including phenoxy) is 1. The third-order valence-corrected chi connectivity index (χ3v) is 5.41. The van der Waals surface area contributed by atoms with Crippen molar-refractivity contribution in [1.82, 2.24) is 14.7 Å². The van der Waals surface area contributed by atoms with Gasteiger partial charge in [-0.05, 0) is 25.1 Å². The lowest BCUT2D eigenvalue weighted by Crippen LogP contribution is -2.36. The van der Waals surface area contributed by atoms with Gasteiger partial charge in [-0.15, -0.1) is 0 Å². The third-order valence-electron chi connectivity index (χ3n) is 4.32. The standard InChI is InChI=1S/C18H18BrCl2N3O3/c1-2-27-18(26)16-12-10-23(7-5-15(12)22-24(16)8-6-19)17(25)11-3-4-13(20)14(21)9-11/h3-4,9H,2,5-8,10H2,1H3. The molecule has 1 aromatic heterocycles. The molecule has 27 heavy (non-hydrogen) atoms. The Morgan fingerprint density at radius 3 is 2.74 bits per heavy atom. The molecule has 9 heteroatoms. The summed E-state index contributed by atoms with van der Waals surface area (Å²) in [6.07, 6.45) is 0.573. The number of carbonyl (C=O) groups excluding carboxylic acids is 2. The summed E-state index contributed by atoms with van der Waals surface area (Å²) in [5, 5.41) is 5.93. The molecular formula is C18H18BrCl2N3O3. The number of benzene rings is 1. The Hall–Kier alpha value is -1.57. The molecule has 1 aliphatic heterocycles. The number of nitrogens with zero attached hydrogens (tertiary/aromatic N) is 3.